The molecular weight excluding hydrogens is 335 g/mol. The van der Waals surface area contributed by atoms with Crippen LogP contribution in [-0.4, -0.2) is 32.5 Å². The molecule has 132 valence electrons. The van der Waals surface area contributed by atoms with Crippen LogP contribution >= 0.6 is 0 Å². The number of ketones is 1. The lowest BCUT2D eigenvalue weighted by Gasteiger charge is -2.11. The monoisotopic (exact) mass is 352 g/mol. The Hall–Kier alpha value is -3.46. The molecule has 0 aliphatic carbocycles. The topological polar surface area (TPSA) is 70.4 Å². The number of nitrogens with zero attached hydrogens (tertiary/aromatic N) is 2. The van der Waals surface area contributed by atoms with Crippen LogP contribution in [-0.2, 0) is 9.53 Å². The molecule has 0 saturated carbocycles. The van der Waals surface area contributed by atoms with Crippen molar-refractivity contribution in [3.05, 3.63) is 71.0 Å². The van der Waals surface area contributed by atoms with E-state index in [4.69, 9.17) is 10.00 Å². The number of esters is 1. The van der Waals surface area contributed by atoms with Crippen molar-refractivity contribution in [1.29, 1.82) is 5.26 Å². The minimum atomic E-state index is -0.908. The lowest BCUT2D eigenvalue weighted by Crippen LogP contribution is -2.15. The Morgan fingerprint density at radius 1 is 1.19 bits per heavy atom. The average molecular weight is 352 g/mol. The van der Waals surface area contributed by atoms with Gasteiger partial charge in [-0.3, -0.25) is 4.79 Å². The van der Waals surface area contributed by atoms with Crippen LogP contribution in [0.4, 0.5) is 10.1 Å². The highest BCUT2D eigenvalue weighted by molar-refractivity contribution is 6.01. The first-order valence-corrected chi connectivity index (χ1v) is 7.76. The minimum Gasteiger partial charge on any atom is -0.453 e. The highest BCUT2D eigenvalue weighted by atomic mass is 19.1. The largest absolute Gasteiger partial charge is 0.453 e. The van der Waals surface area contributed by atoms with Gasteiger partial charge in [-0.15, -0.1) is 0 Å². The van der Waals surface area contributed by atoms with Gasteiger partial charge in [-0.2, -0.15) is 5.26 Å². The summed E-state index contributed by atoms with van der Waals surface area (Å²) in [6.45, 7) is -0.569. The summed E-state index contributed by atoms with van der Waals surface area (Å²) < 4.78 is 18.0. The zero-order valence-corrected chi connectivity index (χ0v) is 14.4. The number of carbonyl (C=O) groups is 2. The Balaban J connectivity index is 2.04. The maximum Gasteiger partial charge on any atom is 0.349 e. The van der Waals surface area contributed by atoms with Crippen LogP contribution in [0, 0.1) is 17.1 Å². The highest BCUT2D eigenvalue weighted by Gasteiger charge is 2.14. The van der Waals surface area contributed by atoms with Crippen molar-refractivity contribution in [2.75, 3.05) is 25.6 Å². The predicted molar refractivity (Wildman–Crippen MR) is 96.0 cm³/mol. The van der Waals surface area contributed by atoms with Gasteiger partial charge in [0.25, 0.3) is 0 Å². The molecule has 2 aromatic rings. The first kappa shape index (κ1) is 18.9. The van der Waals surface area contributed by atoms with E-state index in [9.17, 15) is 14.0 Å². The van der Waals surface area contributed by atoms with Crippen LogP contribution in [0.25, 0.3) is 6.08 Å². The summed E-state index contributed by atoms with van der Waals surface area (Å²) in [7, 11) is 3.80. The molecule has 0 aliphatic heterocycles. The molecule has 0 bridgehead atoms. The third kappa shape index (κ3) is 5.02. The number of carbonyl (C=O) groups excluding carboxylic acids is 2. The van der Waals surface area contributed by atoms with Crippen molar-refractivity contribution in [2.24, 2.45) is 0 Å². The predicted octanol–water partition coefficient (Wildman–Crippen LogP) is 3.22. The second-order valence-electron chi connectivity index (χ2n) is 5.67. The maximum absolute atomic E-state index is 13.1. The Morgan fingerprint density at radius 3 is 2.46 bits per heavy atom. The molecule has 26 heavy (non-hydrogen) atoms. The summed E-state index contributed by atoms with van der Waals surface area (Å²) in [5, 5.41) is 9.16. The Kier molecular flexibility index (Phi) is 6.23. The summed E-state index contributed by atoms with van der Waals surface area (Å²) in [5.74, 6) is -2.01. The molecule has 0 aromatic heterocycles. The van der Waals surface area contributed by atoms with E-state index >= 15 is 0 Å². The van der Waals surface area contributed by atoms with Gasteiger partial charge in [-0.25, -0.2) is 9.18 Å². The number of benzene rings is 2. The standard InChI is InChI=1S/C20H17FN2O3/c1-23(2)18-8-6-14(7-9-18)10-16(12-22)20(25)26-13-19(24)15-4-3-5-17(21)11-15/h3-11H,13H2,1-2H3/b16-10+. The zero-order chi connectivity index (χ0) is 19.1. The average Bonchev–Trinajstić information content (AvgIpc) is 2.64. The fraction of sp³-hybridized carbons (Fsp3) is 0.150. The second kappa shape index (κ2) is 8.58. The molecule has 0 unspecified atom stereocenters. The van der Waals surface area contributed by atoms with Crippen LogP contribution in [0.3, 0.4) is 0 Å². The summed E-state index contributed by atoms with van der Waals surface area (Å²) >= 11 is 0. The molecule has 0 N–H and O–H groups in total. The van der Waals surface area contributed by atoms with Gasteiger partial charge in [0.15, 0.2) is 12.4 Å². The van der Waals surface area contributed by atoms with E-state index in [1.807, 2.05) is 31.1 Å². The number of rotatable bonds is 6. The number of hydrogen-bond acceptors (Lipinski definition) is 5. The van der Waals surface area contributed by atoms with Crippen molar-refractivity contribution in [3.8, 4) is 6.07 Å². The smallest absolute Gasteiger partial charge is 0.349 e. The van der Waals surface area contributed by atoms with Gasteiger partial charge >= 0.3 is 5.97 Å². The van der Waals surface area contributed by atoms with Crippen LogP contribution < -0.4 is 4.90 Å². The quantitative estimate of drug-likeness (QED) is 0.345. The van der Waals surface area contributed by atoms with Crippen LogP contribution in [0.5, 0.6) is 0 Å². The molecule has 5 nitrogen and oxygen atoms in total. The van der Waals surface area contributed by atoms with E-state index < -0.39 is 24.2 Å². The van der Waals surface area contributed by atoms with Gasteiger partial charge < -0.3 is 9.64 Å². The zero-order valence-electron chi connectivity index (χ0n) is 14.4. The van der Waals surface area contributed by atoms with E-state index in [-0.39, 0.29) is 11.1 Å². The van der Waals surface area contributed by atoms with Crippen molar-refractivity contribution >= 4 is 23.5 Å². The maximum atomic E-state index is 13.1. The first-order chi connectivity index (χ1) is 12.4. The molecule has 0 saturated heterocycles. The van der Waals surface area contributed by atoms with E-state index in [1.54, 1.807) is 18.2 Å². The van der Waals surface area contributed by atoms with Gasteiger partial charge in [0.05, 0.1) is 0 Å². The Morgan fingerprint density at radius 2 is 1.88 bits per heavy atom. The highest BCUT2D eigenvalue weighted by Crippen LogP contribution is 2.15. The molecule has 0 spiro atoms. The van der Waals surface area contributed by atoms with Crippen molar-refractivity contribution in [2.45, 2.75) is 0 Å². The molecule has 2 rings (SSSR count). The molecule has 0 atom stereocenters. The lowest BCUT2D eigenvalue weighted by molar-refractivity contribution is -0.137. The van der Waals surface area contributed by atoms with Crippen LogP contribution in [0.1, 0.15) is 15.9 Å². The second-order valence-corrected chi connectivity index (χ2v) is 5.67. The van der Waals surface area contributed by atoms with E-state index in [0.29, 0.717) is 5.56 Å². The normalized spacial score (nSPS) is 10.8. The summed E-state index contributed by atoms with van der Waals surface area (Å²) in [5.41, 5.74) is 1.50. The first-order valence-electron chi connectivity index (χ1n) is 7.76. The Bertz CT molecular complexity index is 881. The minimum absolute atomic E-state index is 0.0968. The van der Waals surface area contributed by atoms with E-state index in [2.05, 4.69) is 0 Å². The number of ether oxygens (including phenoxy) is 1. The van der Waals surface area contributed by atoms with Gasteiger partial charge in [-0.05, 0) is 35.9 Å². The van der Waals surface area contributed by atoms with Crippen molar-refractivity contribution in [3.63, 3.8) is 0 Å². The molecule has 0 heterocycles. The number of halogens is 1. The van der Waals surface area contributed by atoms with Crippen molar-refractivity contribution < 1.29 is 18.7 Å². The molecule has 0 amide bonds. The van der Waals surface area contributed by atoms with Gasteiger partial charge in [0, 0.05) is 25.3 Å². The fourth-order valence-corrected chi connectivity index (χ4v) is 2.13. The van der Waals surface area contributed by atoms with Gasteiger partial charge in [-0.1, -0.05) is 24.3 Å². The summed E-state index contributed by atoms with van der Waals surface area (Å²) in [6, 6.07) is 14.1. The lowest BCUT2D eigenvalue weighted by atomic mass is 10.1. The fourth-order valence-electron chi connectivity index (χ4n) is 2.13. The van der Waals surface area contributed by atoms with Crippen molar-refractivity contribution in [1.82, 2.24) is 0 Å². The van der Waals surface area contributed by atoms with Crippen LogP contribution in [0.2, 0.25) is 0 Å². The summed E-state index contributed by atoms with van der Waals surface area (Å²) in [4.78, 5) is 25.9. The van der Waals surface area contributed by atoms with Gasteiger partial charge in [0.2, 0.25) is 0 Å². The van der Waals surface area contributed by atoms with E-state index in [1.165, 1.54) is 24.3 Å². The number of Topliss-reactive ketones (excluding diaryl/α,β-unsaturated/α-hetero) is 1. The third-order valence-electron chi connectivity index (χ3n) is 3.54. The molecule has 0 fully saturated rings. The van der Waals surface area contributed by atoms with Crippen LogP contribution in [0.15, 0.2) is 54.1 Å². The molecule has 6 heteroatoms. The number of hydrogen-bond donors (Lipinski definition) is 0. The number of nitriles is 1. The molecular formula is C20H17FN2O3. The SMILES string of the molecule is CN(C)c1ccc(/C=C(\C#N)C(=O)OCC(=O)c2cccc(F)c2)cc1. The Labute approximate surface area is 150 Å². The van der Waals surface area contributed by atoms with Gasteiger partial charge in [0.1, 0.15) is 17.5 Å². The molecule has 0 aliphatic rings. The number of anilines is 1. The molecule has 2 aromatic carbocycles. The van der Waals surface area contributed by atoms with E-state index in [0.717, 1.165) is 11.8 Å². The summed E-state index contributed by atoms with van der Waals surface area (Å²) in [6.07, 6.45) is 1.38. The molecule has 0 radical (unpaired) electrons. The third-order valence-corrected chi connectivity index (χ3v) is 3.54.